The molecule has 0 radical (unpaired) electrons. The molecule has 1 fully saturated rings. The van der Waals surface area contributed by atoms with Crippen molar-refractivity contribution in [3.8, 4) is 5.75 Å². The highest BCUT2D eigenvalue weighted by Gasteiger charge is 2.34. The van der Waals surface area contributed by atoms with Gasteiger partial charge in [-0.2, -0.15) is 0 Å². The van der Waals surface area contributed by atoms with E-state index in [1.54, 1.807) is 0 Å². The fourth-order valence-electron chi connectivity index (χ4n) is 3.59. The number of nitrogens with zero attached hydrogens (tertiary/aromatic N) is 3. The molecule has 4 rings (SSSR count). The minimum atomic E-state index is -0.461. The zero-order valence-corrected chi connectivity index (χ0v) is 14.6. The van der Waals surface area contributed by atoms with E-state index < -0.39 is 11.1 Å². The van der Waals surface area contributed by atoms with E-state index in [4.69, 9.17) is 0 Å². The number of rotatable bonds is 4. The molecule has 0 spiro atoms. The Balaban J connectivity index is 1.84. The smallest absolute Gasteiger partial charge is 0.269 e. The Bertz CT molecular complexity index is 900. The number of hydrogen-bond donors (Lipinski definition) is 0. The SMILES string of the molecule is O=[N+]([O-])c1ccc([O-])c(C2N(c3ccccc3)CCN2c2ccccc2)c1. The topological polar surface area (TPSA) is 72.7 Å². The molecule has 0 unspecified atom stereocenters. The number of hydrogen-bond acceptors (Lipinski definition) is 5. The third-order valence-corrected chi connectivity index (χ3v) is 4.83. The molecule has 0 N–H and O–H groups in total. The number of non-ortho nitro benzene ring substituents is 1. The fourth-order valence-corrected chi connectivity index (χ4v) is 3.59. The normalized spacial score (nSPS) is 14.5. The van der Waals surface area contributed by atoms with Crippen molar-refractivity contribution in [1.29, 1.82) is 0 Å². The Kier molecular flexibility index (Phi) is 4.38. The van der Waals surface area contributed by atoms with Crippen LogP contribution in [0.1, 0.15) is 11.7 Å². The maximum absolute atomic E-state index is 12.7. The van der Waals surface area contributed by atoms with Crippen molar-refractivity contribution in [3.63, 3.8) is 0 Å². The van der Waals surface area contributed by atoms with Gasteiger partial charge in [-0.25, -0.2) is 0 Å². The summed E-state index contributed by atoms with van der Waals surface area (Å²) in [4.78, 5) is 15.0. The standard InChI is InChI=1S/C21H19N3O3/c25-20-12-11-18(24(26)27)15-19(20)21-22(16-7-3-1-4-8-16)13-14-23(21)17-9-5-2-6-10-17/h1-12,15,21,25H,13-14H2/p-1. The minimum absolute atomic E-state index is 0.0717. The molecule has 3 aromatic carbocycles. The molecule has 6 heteroatoms. The van der Waals surface area contributed by atoms with Crippen molar-refractivity contribution in [2.45, 2.75) is 6.17 Å². The highest BCUT2D eigenvalue weighted by Crippen LogP contribution is 2.41. The number of nitro groups is 1. The van der Waals surface area contributed by atoms with E-state index in [9.17, 15) is 15.2 Å². The summed E-state index contributed by atoms with van der Waals surface area (Å²) in [6.07, 6.45) is -0.401. The number of nitro benzene ring substituents is 1. The second-order valence-corrected chi connectivity index (χ2v) is 6.41. The van der Waals surface area contributed by atoms with E-state index in [2.05, 4.69) is 9.80 Å². The highest BCUT2D eigenvalue weighted by molar-refractivity contribution is 5.61. The summed E-state index contributed by atoms with van der Waals surface area (Å²) in [7, 11) is 0. The lowest BCUT2D eigenvalue weighted by molar-refractivity contribution is -0.385. The van der Waals surface area contributed by atoms with Gasteiger partial charge < -0.3 is 14.9 Å². The van der Waals surface area contributed by atoms with Crippen molar-refractivity contribution in [2.24, 2.45) is 0 Å². The maximum atomic E-state index is 12.7. The average molecular weight is 360 g/mol. The average Bonchev–Trinajstić information content (AvgIpc) is 3.14. The summed E-state index contributed by atoms with van der Waals surface area (Å²) >= 11 is 0. The molecule has 0 saturated carbocycles. The summed E-state index contributed by atoms with van der Waals surface area (Å²) in [6.45, 7) is 1.43. The van der Waals surface area contributed by atoms with Gasteiger partial charge in [0, 0.05) is 36.6 Å². The van der Waals surface area contributed by atoms with Crippen molar-refractivity contribution >= 4 is 17.1 Å². The molecule has 6 nitrogen and oxygen atoms in total. The molecule has 0 aromatic heterocycles. The van der Waals surface area contributed by atoms with E-state index in [1.807, 2.05) is 60.7 Å². The summed E-state index contributed by atoms with van der Waals surface area (Å²) < 4.78 is 0. The zero-order chi connectivity index (χ0) is 18.8. The minimum Gasteiger partial charge on any atom is -0.872 e. The second-order valence-electron chi connectivity index (χ2n) is 6.41. The summed E-state index contributed by atoms with van der Waals surface area (Å²) in [5.74, 6) is -0.200. The van der Waals surface area contributed by atoms with Crippen LogP contribution in [0.2, 0.25) is 0 Å². The van der Waals surface area contributed by atoms with Gasteiger partial charge in [-0.3, -0.25) is 10.1 Å². The third-order valence-electron chi connectivity index (χ3n) is 4.83. The quantitative estimate of drug-likeness (QED) is 0.524. The molecule has 1 aliphatic rings. The number of para-hydroxylation sites is 2. The molecule has 0 aliphatic carbocycles. The second kappa shape index (κ2) is 6.99. The van der Waals surface area contributed by atoms with Crippen LogP contribution >= 0.6 is 0 Å². The third kappa shape index (κ3) is 3.17. The predicted molar refractivity (Wildman–Crippen MR) is 103 cm³/mol. The molecular weight excluding hydrogens is 342 g/mol. The van der Waals surface area contributed by atoms with E-state index in [0.717, 1.165) is 11.4 Å². The van der Waals surface area contributed by atoms with Gasteiger partial charge in [-0.1, -0.05) is 42.5 Å². The largest absolute Gasteiger partial charge is 0.872 e. The van der Waals surface area contributed by atoms with Crippen molar-refractivity contribution in [1.82, 2.24) is 0 Å². The van der Waals surface area contributed by atoms with Crippen LogP contribution in [0.3, 0.4) is 0 Å². The first-order chi connectivity index (χ1) is 13.1. The summed E-state index contributed by atoms with van der Waals surface area (Å²) in [5, 5.41) is 23.9. The van der Waals surface area contributed by atoms with E-state index in [1.165, 1.54) is 18.2 Å². The van der Waals surface area contributed by atoms with Crippen LogP contribution in [0, 0.1) is 10.1 Å². The van der Waals surface area contributed by atoms with Crippen LogP contribution in [-0.4, -0.2) is 18.0 Å². The molecule has 0 amide bonds. The lowest BCUT2D eigenvalue weighted by Crippen LogP contribution is -2.31. The first-order valence-electron chi connectivity index (χ1n) is 8.74. The molecule has 136 valence electrons. The maximum Gasteiger partial charge on any atom is 0.269 e. The highest BCUT2D eigenvalue weighted by atomic mass is 16.6. The first kappa shape index (κ1) is 16.9. The Labute approximate surface area is 157 Å². The van der Waals surface area contributed by atoms with E-state index >= 15 is 0 Å². The van der Waals surface area contributed by atoms with Gasteiger partial charge in [-0.05, 0) is 29.8 Å². The molecule has 1 heterocycles. The van der Waals surface area contributed by atoms with Gasteiger partial charge in [0.15, 0.2) is 0 Å². The monoisotopic (exact) mass is 360 g/mol. The first-order valence-corrected chi connectivity index (χ1v) is 8.74. The van der Waals surface area contributed by atoms with Crippen molar-refractivity contribution < 1.29 is 10.0 Å². The lowest BCUT2D eigenvalue weighted by Gasteiger charge is -2.35. The fraction of sp³-hybridized carbons (Fsp3) is 0.143. The van der Waals surface area contributed by atoms with Gasteiger partial charge in [0.05, 0.1) is 4.92 Å². The van der Waals surface area contributed by atoms with Gasteiger partial charge in [0.25, 0.3) is 5.69 Å². The summed E-state index contributed by atoms with van der Waals surface area (Å²) in [6, 6.07) is 23.6. The number of benzene rings is 3. The molecule has 27 heavy (non-hydrogen) atoms. The van der Waals surface area contributed by atoms with Gasteiger partial charge >= 0.3 is 0 Å². The van der Waals surface area contributed by atoms with Crippen LogP contribution in [-0.2, 0) is 0 Å². The molecule has 0 bridgehead atoms. The molecular formula is C21H18N3O3-. The Morgan fingerprint density at radius 2 is 1.33 bits per heavy atom. The van der Waals surface area contributed by atoms with Crippen LogP contribution in [0.5, 0.6) is 5.75 Å². The Hall–Kier alpha value is -3.54. The molecule has 1 saturated heterocycles. The van der Waals surface area contributed by atoms with Crippen LogP contribution in [0.25, 0.3) is 0 Å². The Morgan fingerprint density at radius 1 is 0.815 bits per heavy atom. The molecule has 1 aliphatic heterocycles. The van der Waals surface area contributed by atoms with Gasteiger partial charge in [-0.15, -0.1) is 5.75 Å². The van der Waals surface area contributed by atoms with Crippen LogP contribution < -0.4 is 14.9 Å². The van der Waals surface area contributed by atoms with Gasteiger partial charge in [0.1, 0.15) is 6.17 Å². The van der Waals surface area contributed by atoms with Crippen molar-refractivity contribution in [3.05, 3.63) is 94.5 Å². The van der Waals surface area contributed by atoms with E-state index in [0.29, 0.717) is 18.7 Å². The van der Waals surface area contributed by atoms with Crippen molar-refractivity contribution in [2.75, 3.05) is 22.9 Å². The zero-order valence-electron chi connectivity index (χ0n) is 14.6. The van der Waals surface area contributed by atoms with Crippen LogP contribution in [0.4, 0.5) is 17.1 Å². The Morgan fingerprint density at radius 3 is 1.81 bits per heavy atom. The molecule has 0 atom stereocenters. The predicted octanol–water partition coefficient (Wildman–Crippen LogP) is 3.69. The molecule has 3 aromatic rings. The van der Waals surface area contributed by atoms with Gasteiger partial charge in [0.2, 0.25) is 0 Å². The van der Waals surface area contributed by atoms with Crippen LogP contribution in [0.15, 0.2) is 78.9 Å². The summed E-state index contributed by atoms with van der Waals surface area (Å²) in [5.41, 5.74) is 2.30. The van der Waals surface area contributed by atoms with E-state index in [-0.39, 0.29) is 11.4 Å². The number of anilines is 2. The lowest BCUT2D eigenvalue weighted by atomic mass is 10.1.